The average Bonchev–Trinajstić information content (AvgIpc) is 2.31. The second kappa shape index (κ2) is 3.81. The number of carbonyl (C=O) groups is 2. The van der Waals surface area contributed by atoms with Gasteiger partial charge in [0.05, 0.1) is 0 Å². The van der Waals surface area contributed by atoms with Crippen LogP contribution in [-0.4, -0.2) is 17.9 Å². The molecule has 0 N–H and O–H groups in total. The van der Waals surface area contributed by atoms with Crippen LogP contribution in [0.2, 0.25) is 0 Å². The van der Waals surface area contributed by atoms with Gasteiger partial charge in [-0.25, -0.2) is 4.79 Å². The summed E-state index contributed by atoms with van der Waals surface area (Å²) in [6.07, 6.45) is 3.53. The van der Waals surface area contributed by atoms with Gasteiger partial charge in [0.1, 0.15) is 6.10 Å². The topological polar surface area (TPSA) is 43.4 Å². The lowest BCUT2D eigenvalue weighted by molar-refractivity contribution is -0.150. The Labute approximate surface area is 107 Å². The minimum Gasteiger partial charge on any atom is -0.454 e. The van der Waals surface area contributed by atoms with E-state index in [9.17, 15) is 9.59 Å². The Morgan fingerprint density at radius 3 is 2.72 bits per heavy atom. The molecule has 4 atom stereocenters. The predicted molar refractivity (Wildman–Crippen MR) is 66.7 cm³/mol. The molecule has 0 unspecified atom stereocenters. The van der Waals surface area contributed by atoms with E-state index in [2.05, 4.69) is 13.0 Å². The van der Waals surface area contributed by atoms with Gasteiger partial charge in [0, 0.05) is 23.5 Å². The van der Waals surface area contributed by atoms with Gasteiger partial charge < -0.3 is 4.74 Å². The molecular weight excluding hydrogens is 228 g/mol. The van der Waals surface area contributed by atoms with Crippen molar-refractivity contribution in [3.05, 3.63) is 22.8 Å². The molecule has 0 spiro atoms. The highest BCUT2D eigenvalue weighted by Gasteiger charge is 2.49. The largest absolute Gasteiger partial charge is 0.454 e. The van der Waals surface area contributed by atoms with E-state index in [0.717, 1.165) is 17.6 Å². The van der Waals surface area contributed by atoms with Gasteiger partial charge in [-0.1, -0.05) is 13.0 Å². The smallest absolute Gasteiger partial charge is 0.334 e. The third-order valence-corrected chi connectivity index (χ3v) is 4.76. The molecule has 96 valence electrons. The highest BCUT2D eigenvalue weighted by atomic mass is 16.5. The second-order valence-electron chi connectivity index (χ2n) is 5.84. The van der Waals surface area contributed by atoms with Crippen LogP contribution in [0.3, 0.4) is 0 Å². The molecule has 3 rings (SSSR count). The fourth-order valence-electron chi connectivity index (χ4n) is 3.72. The first-order valence-electron chi connectivity index (χ1n) is 6.62. The van der Waals surface area contributed by atoms with Crippen LogP contribution in [0.1, 0.15) is 33.6 Å². The molecule has 0 bridgehead atoms. The zero-order valence-corrected chi connectivity index (χ0v) is 11.0. The first-order valence-corrected chi connectivity index (χ1v) is 6.62. The molecule has 0 amide bonds. The lowest BCUT2D eigenvalue weighted by atomic mass is 9.61. The summed E-state index contributed by atoms with van der Waals surface area (Å²) >= 11 is 0. The summed E-state index contributed by atoms with van der Waals surface area (Å²) in [6.45, 7) is 5.86. The molecular formula is C15H18O3. The predicted octanol–water partition coefficient (Wildman–Crippen LogP) is 2.42. The Kier molecular flexibility index (Phi) is 2.47. The number of hydrogen-bond donors (Lipinski definition) is 0. The summed E-state index contributed by atoms with van der Waals surface area (Å²) in [5.41, 5.74) is 2.39. The van der Waals surface area contributed by atoms with Crippen LogP contribution in [0.4, 0.5) is 0 Å². The minimum absolute atomic E-state index is 0.101. The zero-order chi connectivity index (χ0) is 13.0. The van der Waals surface area contributed by atoms with Crippen molar-refractivity contribution >= 4 is 11.8 Å². The lowest BCUT2D eigenvalue weighted by Gasteiger charge is -2.46. The quantitative estimate of drug-likeness (QED) is 0.487. The van der Waals surface area contributed by atoms with Crippen LogP contribution in [0.25, 0.3) is 0 Å². The number of hydrogen-bond acceptors (Lipinski definition) is 3. The van der Waals surface area contributed by atoms with Gasteiger partial charge in [0.25, 0.3) is 0 Å². The van der Waals surface area contributed by atoms with E-state index in [1.54, 1.807) is 6.92 Å². The van der Waals surface area contributed by atoms with E-state index in [1.165, 1.54) is 0 Å². The maximum atomic E-state index is 12.2. The van der Waals surface area contributed by atoms with Gasteiger partial charge in [-0.05, 0) is 37.7 Å². The molecule has 3 nitrogen and oxygen atoms in total. The number of allylic oxidation sites excluding steroid dienone is 1. The van der Waals surface area contributed by atoms with Crippen LogP contribution < -0.4 is 0 Å². The lowest BCUT2D eigenvalue weighted by Crippen LogP contribution is -2.48. The molecule has 0 saturated heterocycles. The number of esters is 1. The van der Waals surface area contributed by atoms with E-state index in [1.807, 2.05) is 6.92 Å². The molecule has 3 heteroatoms. The molecule has 2 aliphatic carbocycles. The van der Waals surface area contributed by atoms with Crippen molar-refractivity contribution in [2.24, 2.45) is 17.8 Å². The summed E-state index contributed by atoms with van der Waals surface area (Å²) in [6, 6.07) is 0. The molecule has 1 saturated carbocycles. The number of Topliss-reactive ketones (excluding diaryl/α,β-unsaturated/α-hetero) is 1. The molecule has 1 aliphatic heterocycles. The van der Waals surface area contributed by atoms with Crippen molar-refractivity contribution in [2.45, 2.75) is 39.7 Å². The first-order chi connectivity index (χ1) is 8.50. The normalized spacial score (nSPS) is 39.2. The maximum absolute atomic E-state index is 12.2. The van der Waals surface area contributed by atoms with E-state index in [-0.39, 0.29) is 23.8 Å². The van der Waals surface area contributed by atoms with E-state index < -0.39 is 0 Å². The molecule has 1 fully saturated rings. The van der Waals surface area contributed by atoms with E-state index in [0.29, 0.717) is 23.8 Å². The standard InChI is InChI=1S/C15H18O3/c1-7-4-5-10-8(2)6-11(16)12-9(3)15(17)18-14(7)13(10)12/h4,8,10,13-14H,5-6H2,1-3H3/t8-,10+,13-,14-/m0/s1. The fraction of sp³-hybridized carbons (Fsp3) is 0.600. The van der Waals surface area contributed by atoms with Crippen molar-refractivity contribution < 1.29 is 14.3 Å². The van der Waals surface area contributed by atoms with Crippen LogP contribution in [0, 0.1) is 17.8 Å². The van der Waals surface area contributed by atoms with E-state index in [4.69, 9.17) is 4.74 Å². The summed E-state index contributed by atoms with van der Waals surface area (Å²) in [4.78, 5) is 24.1. The van der Waals surface area contributed by atoms with Gasteiger partial charge >= 0.3 is 5.97 Å². The Morgan fingerprint density at radius 2 is 2.00 bits per heavy atom. The highest BCUT2D eigenvalue weighted by molar-refractivity contribution is 6.06. The number of rotatable bonds is 0. The van der Waals surface area contributed by atoms with Crippen molar-refractivity contribution in [3.63, 3.8) is 0 Å². The van der Waals surface area contributed by atoms with E-state index >= 15 is 0 Å². The summed E-state index contributed by atoms with van der Waals surface area (Å²) in [5, 5.41) is 0. The van der Waals surface area contributed by atoms with Gasteiger partial charge in [-0.3, -0.25) is 4.79 Å². The van der Waals surface area contributed by atoms with Crippen molar-refractivity contribution in [2.75, 3.05) is 0 Å². The maximum Gasteiger partial charge on any atom is 0.334 e. The van der Waals surface area contributed by atoms with Gasteiger partial charge in [0.2, 0.25) is 0 Å². The summed E-state index contributed by atoms with van der Waals surface area (Å²) in [7, 11) is 0. The van der Waals surface area contributed by atoms with Crippen molar-refractivity contribution in [3.8, 4) is 0 Å². The van der Waals surface area contributed by atoms with Crippen LogP contribution in [-0.2, 0) is 14.3 Å². The molecule has 3 aliphatic rings. The summed E-state index contributed by atoms with van der Waals surface area (Å²) in [5.74, 6) is 0.751. The highest BCUT2D eigenvalue weighted by Crippen LogP contribution is 2.48. The Morgan fingerprint density at radius 1 is 1.28 bits per heavy atom. The Bertz CT molecular complexity index is 498. The second-order valence-corrected chi connectivity index (χ2v) is 5.84. The Balaban J connectivity index is 2.16. The van der Waals surface area contributed by atoms with Crippen LogP contribution in [0.5, 0.6) is 0 Å². The molecule has 1 heterocycles. The van der Waals surface area contributed by atoms with Gasteiger partial charge in [0.15, 0.2) is 5.78 Å². The average molecular weight is 246 g/mol. The number of carbonyl (C=O) groups excluding carboxylic acids is 2. The molecule has 0 radical (unpaired) electrons. The molecule has 0 aromatic rings. The van der Waals surface area contributed by atoms with Crippen LogP contribution >= 0.6 is 0 Å². The fourth-order valence-corrected chi connectivity index (χ4v) is 3.72. The zero-order valence-electron chi connectivity index (χ0n) is 11.0. The number of ether oxygens (including phenoxy) is 1. The minimum atomic E-state index is -0.317. The summed E-state index contributed by atoms with van der Waals surface area (Å²) < 4.78 is 5.53. The van der Waals surface area contributed by atoms with Gasteiger partial charge in [-0.15, -0.1) is 0 Å². The third kappa shape index (κ3) is 1.43. The molecule has 18 heavy (non-hydrogen) atoms. The monoisotopic (exact) mass is 246 g/mol. The molecule has 0 aromatic heterocycles. The number of ketones is 1. The first kappa shape index (κ1) is 11.7. The van der Waals surface area contributed by atoms with Gasteiger partial charge in [-0.2, -0.15) is 0 Å². The third-order valence-electron chi connectivity index (χ3n) is 4.76. The van der Waals surface area contributed by atoms with Crippen LogP contribution in [0.15, 0.2) is 22.8 Å². The van der Waals surface area contributed by atoms with Crippen molar-refractivity contribution in [1.82, 2.24) is 0 Å². The molecule has 0 aromatic carbocycles. The van der Waals surface area contributed by atoms with Crippen molar-refractivity contribution in [1.29, 1.82) is 0 Å². The Hall–Kier alpha value is -1.38. The SMILES string of the molecule is CC1=CC[C@H]2[C@H]3C(=C(C)C(=O)O[C@@H]13)C(=O)C[C@@H]2C.